The van der Waals surface area contributed by atoms with Gasteiger partial charge in [-0.3, -0.25) is 0 Å². The summed E-state index contributed by atoms with van der Waals surface area (Å²) in [4.78, 5) is 0. The van der Waals surface area contributed by atoms with Crippen molar-refractivity contribution in [2.45, 2.75) is 18.9 Å². The lowest BCUT2D eigenvalue weighted by Crippen LogP contribution is -2.14. The van der Waals surface area contributed by atoms with Gasteiger partial charge in [-0.15, -0.1) is 0 Å². The van der Waals surface area contributed by atoms with E-state index >= 15 is 0 Å². The van der Waals surface area contributed by atoms with E-state index in [4.69, 9.17) is 4.74 Å². The summed E-state index contributed by atoms with van der Waals surface area (Å²) in [5, 5.41) is 3.48. The van der Waals surface area contributed by atoms with Crippen molar-refractivity contribution in [1.82, 2.24) is 5.32 Å². The number of methoxy groups -OCH3 is 1. The van der Waals surface area contributed by atoms with E-state index in [0.717, 1.165) is 21.2 Å². The van der Waals surface area contributed by atoms with Gasteiger partial charge in [0.2, 0.25) is 0 Å². The molecule has 1 aromatic rings. The quantitative estimate of drug-likeness (QED) is 0.891. The summed E-state index contributed by atoms with van der Waals surface area (Å²) in [6.45, 7) is 1.10. The Morgan fingerprint density at radius 1 is 1.40 bits per heavy atom. The predicted octanol–water partition coefficient (Wildman–Crippen LogP) is 3.64. The van der Waals surface area contributed by atoms with E-state index in [1.165, 1.54) is 18.4 Å². The lowest BCUT2D eigenvalue weighted by Gasteiger charge is -2.16. The van der Waals surface area contributed by atoms with E-state index in [2.05, 4.69) is 43.2 Å². The molecule has 0 bridgehead atoms. The summed E-state index contributed by atoms with van der Waals surface area (Å²) in [7, 11) is 1.71. The van der Waals surface area contributed by atoms with Crippen LogP contribution in [0.2, 0.25) is 0 Å². The Labute approximate surface area is 107 Å². The second-order valence-corrected chi connectivity index (χ2v) is 5.43. The first-order valence-corrected chi connectivity index (χ1v) is 6.57. The molecule has 1 saturated heterocycles. The van der Waals surface area contributed by atoms with E-state index in [0.29, 0.717) is 6.04 Å². The van der Waals surface area contributed by atoms with Crippen LogP contribution in [-0.4, -0.2) is 13.7 Å². The summed E-state index contributed by atoms with van der Waals surface area (Å²) in [6.07, 6.45) is 2.41. The van der Waals surface area contributed by atoms with Gasteiger partial charge in [-0.2, -0.15) is 0 Å². The second kappa shape index (κ2) is 4.85. The summed E-state index contributed by atoms with van der Waals surface area (Å²) in [5.74, 6) is 0.942. The minimum atomic E-state index is 0.425. The molecule has 15 heavy (non-hydrogen) atoms. The third-order valence-corrected chi connectivity index (χ3v) is 3.72. The molecule has 0 spiro atoms. The molecule has 0 amide bonds. The van der Waals surface area contributed by atoms with E-state index in [-0.39, 0.29) is 0 Å². The van der Waals surface area contributed by atoms with Crippen molar-refractivity contribution in [2.75, 3.05) is 13.7 Å². The van der Waals surface area contributed by atoms with Crippen molar-refractivity contribution >= 4 is 31.9 Å². The van der Waals surface area contributed by atoms with E-state index < -0.39 is 0 Å². The van der Waals surface area contributed by atoms with Crippen LogP contribution in [0.15, 0.2) is 21.1 Å². The molecule has 82 valence electrons. The Bertz CT molecular complexity index is 362. The molecule has 2 rings (SSSR count). The topological polar surface area (TPSA) is 21.3 Å². The molecule has 0 unspecified atom stereocenters. The molecule has 1 aliphatic heterocycles. The first-order chi connectivity index (χ1) is 7.22. The standard InChI is InChI=1S/C11H13Br2NO/c1-15-11-8(10-3-2-4-14-10)5-7(12)6-9(11)13/h5-6,10,14H,2-4H2,1H3/t10-/m0/s1. The fraction of sp³-hybridized carbons (Fsp3) is 0.455. The molecule has 0 aromatic heterocycles. The van der Waals surface area contributed by atoms with Crippen LogP contribution in [0.4, 0.5) is 0 Å². The van der Waals surface area contributed by atoms with Crippen molar-refractivity contribution in [1.29, 1.82) is 0 Å². The van der Waals surface area contributed by atoms with Gasteiger partial charge in [0.1, 0.15) is 5.75 Å². The fourth-order valence-electron chi connectivity index (χ4n) is 2.00. The number of benzene rings is 1. The van der Waals surface area contributed by atoms with Crippen LogP contribution in [0.1, 0.15) is 24.4 Å². The number of nitrogens with one attached hydrogen (secondary N) is 1. The van der Waals surface area contributed by atoms with Gasteiger partial charge in [-0.1, -0.05) is 15.9 Å². The molecule has 2 nitrogen and oxygen atoms in total. The number of hydrogen-bond donors (Lipinski definition) is 1. The molecule has 1 atom stereocenters. The van der Waals surface area contributed by atoms with Crippen LogP contribution >= 0.6 is 31.9 Å². The normalized spacial score (nSPS) is 20.6. The molecule has 0 aliphatic carbocycles. The zero-order chi connectivity index (χ0) is 10.8. The minimum Gasteiger partial charge on any atom is -0.495 e. The van der Waals surface area contributed by atoms with Crippen molar-refractivity contribution < 1.29 is 4.74 Å². The van der Waals surface area contributed by atoms with Gasteiger partial charge in [-0.25, -0.2) is 0 Å². The van der Waals surface area contributed by atoms with Gasteiger partial charge < -0.3 is 10.1 Å². The molecule has 1 aromatic carbocycles. The SMILES string of the molecule is COc1c(Br)cc(Br)cc1[C@@H]1CCCN1. The molecule has 0 radical (unpaired) electrons. The Morgan fingerprint density at radius 2 is 2.20 bits per heavy atom. The maximum atomic E-state index is 5.44. The van der Waals surface area contributed by atoms with Crippen LogP contribution in [-0.2, 0) is 0 Å². The predicted molar refractivity (Wildman–Crippen MR) is 68.4 cm³/mol. The number of halogens is 2. The molecular weight excluding hydrogens is 322 g/mol. The fourth-order valence-corrected chi connectivity index (χ4v) is 3.42. The van der Waals surface area contributed by atoms with E-state index in [1.54, 1.807) is 7.11 Å². The molecule has 1 fully saturated rings. The maximum absolute atomic E-state index is 5.44. The second-order valence-electron chi connectivity index (χ2n) is 3.66. The highest BCUT2D eigenvalue weighted by molar-refractivity contribution is 9.11. The summed E-state index contributed by atoms with van der Waals surface area (Å²) in [6, 6.07) is 4.57. The van der Waals surface area contributed by atoms with Crippen LogP contribution in [0.3, 0.4) is 0 Å². The molecule has 0 saturated carbocycles. The number of rotatable bonds is 2. The highest BCUT2D eigenvalue weighted by Crippen LogP contribution is 2.38. The van der Waals surface area contributed by atoms with Crippen molar-refractivity contribution in [3.63, 3.8) is 0 Å². The number of ether oxygens (including phenoxy) is 1. The molecule has 1 aliphatic rings. The van der Waals surface area contributed by atoms with Gasteiger partial charge >= 0.3 is 0 Å². The van der Waals surface area contributed by atoms with Crippen LogP contribution < -0.4 is 10.1 Å². The Kier molecular flexibility index (Phi) is 3.69. The third kappa shape index (κ3) is 2.37. The first kappa shape index (κ1) is 11.4. The molecule has 1 N–H and O–H groups in total. The van der Waals surface area contributed by atoms with Crippen LogP contribution in [0.5, 0.6) is 5.75 Å². The maximum Gasteiger partial charge on any atom is 0.137 e. The summed E-state index contributed by atoms with van der Waals surface area (Å²) >= 11 is 7.03. The Balaban J connectivity index is 2.42. The first-order valence-electron chi connectivity index (χ1n) is 4.98. The van der Waals surface area contributed by atoms with Gasteiger partial charge in [-0.05, 0) is 47.4 Å². The van der Waals surface area contributed by atoms with Gasteiger partial charge in [0.15, 0.2) is 0 Å². The van der Waals surface area contributed by atoms with Crippen LogP contribution in [0.25, 0.3) is 0 Å². The molecule has 4 heteroatoms. The average molecular weight is 335 g/mol. The Hall–Kier alpha value is -0.0600. The van der Waals surface area contributed by atoms with Crippen molar-refractivity contribution in [3.05, 3.63) is 26.6 Å². The third-order valence-electron chi connectivity index (χ3n) is 2.68. The average Bonchev–Trinajstić information content (AvgIpc) is 2.69. The zero-order valence-electron chi connectivity index (χ0n) is 8.52. The molecule has 1 heterocycles. The van der Waals surface area contributed by atoms with E-state index in [1.807, 2.05) is 6.07 Å². The van der Waals surface area contributed by atoms with Crippen molar-refractivity contribution in [3.8, 4) is 5.75 Å². The molecular formula is C11H13Br2NO. The summed E-state index contributed by atoms with van der Waals surface area (Å²) in [5.41, 5.74) is 1.23. The van der Waals surface area contributed by atoms with Crippen molar-refractivity contribution in [2.24, 2.45) is 0 Å². The summed E-state index contributed by atoms with van der Waals surface area (Å²) < 4.78 is 7.52. The van der Waals surface area contributed by atoms with E-state index in [9.17, 15) is 0 Å². The zero-order valence-corrected chi connectivity index (χ0v) is 11.7. The highest BCUT2D eigenvalue weighted by Gasteiger charge is 2.21. The van der Waals surface area contributed by atoms with Gasteiger partial charge in [0, 0.05) is 16.1 Å². The smallest absolute Gasteiger partial charge is 0.137 e. The number of hydrogen-bond acceptors (Lipinski definition) is 2. The Morgan fingerprint density at radius 3 is 2.80 bits per heavy atom. The highest BCUT2D eigenvalue weighted by atomic mass is 79.9. The monoisotopic (exact) mass is 333 g/mol. The lowest BCUT2D eigenvalue weighted by atomic mass is 10.0. The minimum absolute atomic E-state index is 0.425. The lowest BCUT2D eigenvalue weighted by molar-refractivity contribution is 0.400. The van der Waals surface area contributed by atoms with Gasteiger partial charge in [0.25, 0.3) is 0 Å². The van der Waals surface area contributed by atoms with Crippen LogP contribution in [0, 0.1) is 0 Å². The largest absolute Gasteiger partial charge is 0.495 e. The van der Waals surface area contributed by atoms with Gasteiger partial charge in [0.05, 0.1) is 11.6 Å².